The fourth-order valence-corrected chi connectivity index (χ4v) is 3.27. The molecule has 152 valence electrons. The first kappa shape index (κ1) is 20.5. The Kier molecular flexibility index (Phi) is 5.95. The number of nitrogens with one attached hydrogen (secondary N) is 2. The highest BCUT2D eigenvalue weighted by Crippen LogP contribution is 2.27. The van der Waals surface area contributed by atoms with Gasteiger partial charge in [0.1, 0.15) is 11.3 Å². The van der Waals surface area contributed by atoms with Gasteiger partial charge in [0.05, 0.1) is 5.69 Å². The third-order valence-corrected chi connectivity index (χ3v) is 4.75. The third kappa shape index (κ3) is 4.44. The monoisotopic (exact) mass is 419 g/mol. The molecule has 8 nitrogen and oxygen atoms in total. The van der Waals surface area contributed by atoms with Gasteiger partial charge < -0.3 is 14.5 Å². The number of carbonyl (C=O) groups is 1. The molecule has 0 saturated heterocycles. The number of ether oxygens (including phenoxy) is 1. The summed E-state index contributed by atoms with van der Waals surface area (Å²) in [6, 6.07) is 9.13. The van der Waals surface area contributed by atoms with E-state index in [1.807, 2.05) is 0 Å². The second-order valence-corrected chi connectivity index (χ2v) is 6.94. The minimum absolute atomic E-state index is 0.0258. The van der Waals surface area contributed by atoms with Crippen LogP contribution in [-0.4, -0.2) is 17.3 Å². The van der Waals surface area contributed by atoms with Crippen LogP contribution in [0.3, 0.4) is 0 Å². The first-order valence-electron chi connectivity index (χ1n) is 8.46. The molecule has 0 radical (unpaired) electrons. The van der Waals surface area contributed by atoms with E-state index in [4.69, 9.17) is 14.3 Å². The zero-order chi connectivity index (χ0) is 21.1. The molecule has 1 heterocycles. The molecule has 0 saturated carbocycles. The van der Waals surface area contributed by atoms with Crippen LogP contribution in [0.15, 0.2) is 45.6 Å². The molecule has 0 fully saturated rings. The number of amides is 1. The highest BCUT2D eigenvalue weighted by atomic mass is 32.2. The van der Waals surface area contributed by atoms with Crippen LogP contribution in [0.25, 0.3) is 11.0 Å². The van der Waals surface area contributed by atoms with Gasteiger partial charge in [0, 0.05) is 30.5 Å². The van der Waals surface area contributed by atoms with Gasteiger partial charge in [-0.2, -0.15) is 0 Å². The third-order valence-electron chi connectivity index (χ3n) is 4.33. The largest absolute Gasteiger partial charge is 0.422 e. The zero-order valence-electron chi connectivity index (χ0n) is 15.6. The van der Waals surface area contributed by atoms with Crippen molar-refractivity contribution in [1.29, 1.82) is 0 Å². The fraction of sp³-hybridized carbons (Fsp3) is 0.158. The molecule has 2 aromatic carbocycles. The summed E-state index contributed by atoms with van der Waals surface area (Å²) in [5.74, 6) is -0.439. The molecule has 0 aliphatic rings. The molecular weight excluding hydrogens is 401 g/mol. The average molecular weight is 419 g/mol. The van der Waals surface area contributed by atoms with Gasteiger partial charge >= 0.3 is 11.7 Å². The van der Waals surface area contributed by atoms with Crippen LogP contribution in [0.5, 0.6) is 5.75 Å². The molecule has 1 amide bonds. The number of hydrogen-bond donors (Lipinski definition) is 3. The minimum atomic E-state index is -1.93. The summed E-state index contributed by atoms with van der Waals surface area (Å²) in [6.07, 6.45) is -0.679. The van der Waals surface area contributed by atoms with Gasteiger partial charge in [-0.05, 0) is 36.2 Å². The zero-order valence-corrected chi connectivity index (χ0v) is 16.4. The van der Waals surface area contributed by atoms with Crippen molar-refractivity contribution >= 4 is 33.9 Å². The van der Waals surface area contributed by atoms with Gasteiger partial charge in [-0.15, -0.1) is 0 Å². The van der Waals surface area contributed by atoms with E-state index in [1.54, 1.807) is 25.1 Å². The number of anilines is 1. The van der Waals surface area contributed by atoms with E-state index < -0.39 is 28.7 Å². The van der Waals surface area contributed by atoms with E-state index in [0.29, 0.717) is 10.9 Å². The fourth-order valence-electron chi connectivity index (χ4n) is 2.89. The predicted molar refractivity (Wildman–Crippen MR) is 107 cm³/mol. The van der Waals surface area contributed by atoms with E-state index in [0.717, 1.165) is 0 Å². The molecular formula is C19H18FN3O5S. The van der Waals surface area contributed by atoms with Crippen LogP contribution < -0.4 is 25.5 Å². The van der Waals surface area contributed by atoms with Gasteiger partial charge in [0.25, 0.3) is 0 Å². The van der Waals surface area contributed by atoms with Crippen LogP contribution in [-0.2, 0) is 17.6 Å². The number of aryl methyl sites for hydroxylation is 1. The van der Waals surface area contributed by atoms with E-state index >= 15 is 0 Å². The molecule has 29 heavy (non-hydrogen) atoms. The summed E-state index contributed by atoms with van der Waals surface area (Å²) in [5, 5.41) is 8.10. The highest BCUT2D eigenvalue weighted by Gasteiger charge is 2.16. The summed E-state index contributed by atoms with van der Waals surface area (Å²) >= 11 is -1.93. The lowest BCUT2D eigenvalue weighted by Crippen LogP contribution is -2.22. The van der Waals surface area contributed by atoms with Crippen molar-refractivity contribution in [2.75, 3.05) is 11.8 Å². The maximum absolute atomic E-state index is 14.7. The molecule has 0 aliphatic heterocycles. The Hall–Kier alpha value is -3.24. The molecule has 1 aromatic heterocycles. The van der Waals surface area contributed by atoms with Crippen LogP contribution >= 0.6 is 0 Å². The van der Waals surface area contributed by atoms with Gasteiger partial charge in [0.15, 0.2) is 17.0 Å². The Morgan fingerprint density at radius 1 is 1.31 bits per heavy atom. The average Bonchev–Trinajstić information content (AvgIpc) is 2.67. The number of benzene rings is 2. The highest BCUT2D eigenvalue weighted by molar-refractivity contribution is 7.84. The van der Waals surface area contributed by atoms with Crippen molar-refractivity contribution in [3.63, 3.8) is 0 Å². The molecule has 1 atom stereocenters. The van der Waals surface area contributed by atoms with Crippen molar-refractivity contribution in [2.24, 2.45) is 5.14 Å². The smallest absolute Gasteiger partial charge is 0.412 e. The molecule has 3 rings (SSSR count). The normalized spacial score (nSPS) is 11.9. The first-order chi connectivity index (χ1) is 13.8. The number of hydrogen-bond acceptors (Lipinski definition) is 5. The van der Waals surface area contributed by atoms with E-state index in [1.165, 1.54) is 25.2 Å². The van der Waals surface area contributed by atoms with E-state index in [-0.39, 0.29) is 34.6 Å². The number of fused-ring (bicyclic) bond motifs is 1. The van der Waals surface area contributed by atoms with Crippen molar-refractivity contribution in [3.05, 3.63) is 69.3 Å². The number of rotatable bonds is 5. The van der Waals surface area contributed by atoms with Crippen LogP contribution in [0.1, 0.15) is 16.7 Å². The molecule has 3 aromatic rings. The Labute approximate surface area is 167 Å². The minimum Gasteiger partial charge on any atom is -0.422 e. The molecule has 4 N–H and O–H groups in total. The summed E-state index contributed by atoms with van der Waals surface area (Å²) in [4.78, 5) is 23.9. The molecule has 0 spiro atoms. The lowest BCUT2D eigenvalue weighted by molar-refractivity contribution is 0.203. The predicted octanol–water partition coefficient (Wildman–Crippen LogP) is 2.50. The van der Waals surface area contributed by atoms with Gasteiger partial charge in [-0.1, -0.05) is 12.1 Å². The van der Waals surface area contributed by atoms with E-state index in [2.05, 4.69) is 10.0 Å². The quantitative estimate of drug-likeness (QED) is 0.548. The number of carbonyl (C=O) groups excluding carboxylic acids is 1. The molecule has 0 aliphatic carbocycles. The topological polar surface area (TPSA) is 124 Å². The van der Waals surface area contributed by atoms with Crippen LogP contribution in [0.2, 0.25) is 0 Å². The Balaban J connectivity index is 2.01. The maximum Gasteiger partial charge on any atom is 0.412 e. The van der Waals surface area contributed by atoms with Crippen LogP contribution in [0.4, 0.5) is 14.9 Å². The van der Waals surface area contributed by atoms with E-state index in [9.17, 15) is 18.2 Å². The Bertz CT molecular complexity index is 1180. The first-order valence-corrected chi connectivity index (χ1v) is 9.67. The van der Waals surface area contributed by atoms with Crippen molar-refractivity contribution in [1.82, 2.24) is 5.32 Å². The second-order valence-electron chi connectivity index (χ2n) is 6.15. The molecule has 0 bridgehead atoms. The molecule has 10 heteroatoms. The summed E-state index contributed by atoms with van der Waals surface area (Å²) < 4.78 is 38.5. The Morgan fingerprint density at radius 3 is 2.76 bits per heavy atom. The molecule has 1 unspecified atom stereocenters. The summed E-state index contributed by atoms with van der Waals surface area (Å²) in [6.45, 7) is 1.73. The maximum atomic E-state index is 14.7. The SMILES string of the molecule is CNC(=O)Oc1ccc2c(C)c(Cc3cccc(NS(N)=O)c3F)c(=O)oc2c1. The lowest BCUT2D eigenvalue weighted by Gasteiger charge is -2.11. The number of halogens is 1. The van der Waals surface area contributed by atoms with Crippen molar-refractivity contribution < 1.29 is 22.5 Å². The van der Waals surface area contributed by atoms with Crippen molar-refractivity contribution in [2.45, 2.75) is 13.3 Å². The van der Waals surface area contributed by atoms with Crippen molar-refractivity contribution in [3.8, 4) is 5.75 Å². The summed E-state index contributed by atoms with van der Waals surface area (Å²) in [7, 11) is 1.43. The number of nitrogens with two attached hydrogens (primary N) is 1. The summed E-state index contributed by atoms with van der Waals surface area (Å²) in [5.41, 5.74) is 0.696. The van der Waals surface area contributed by atoms with Gasteiger partial charge in [-0.25, -0.2) is 23.3 Å². The van der Waals surface area contributed by atoms with Crippen LogP contribution in [0, 0.1) is 12.7 Å². The lowest BCUT2D eigenvalue weighted by atomic mass is 9.99. The second kappa shape index (κ2) is 8.41. The Morgan fingerprint density at radius 2 is 2.07 bits per heavy atom. The van der Waals surface area contributed by atoms with Gasteiger partial charge in [-0.3, -0.25) is 4.72 Å². The standard InChI is InChI=1S/C19H18FN3O5S/c1-10-13-7-6-12(27-19(25)22-2)9-16(13)28-18(24)14(10)8-11-4-3-5-15(17(11)20)23-29(21)26/h3-7,9,23H,8,21H2,1-2H3,(H,22,25). The van der Waals surface area contributed by atoms with Gasteiger partial charge in [0.2, 0.25) is 0 Å².